The van der Waals surface area contributed by atoms with Crippen molar-refractivity contribution in [2.24, 2.45) is 11.8 Å². The molecule has 0 saturated heterocycles. The summed E-state index contributed by atoms with van der Waals surface area (Å²) in [7, 11) is 0. The van der Waals surface area contributed by atoms with E-state index >= 15 is 0 Å². The first kappa shape index (κ1) is 15.9. The standard InChI is InChI=1S/C20H27FN2O/c1-12-6-8-14(9-7-12)19(24)10-17-20-15(4-3-5-16(20)21)18-11-22-13(2)23(17)18/h3-5,11-14,17,19,22,24H,6-10H2,1-2H3. The van der Waals surface area contributed by atoms with Gasteiger partial charge in [-0.2, -0.15) is 0 Å². The second-order valence-corrected chi connectivity index (χ2v) is 7.82. The number of hydrogen-bond donors (Lipinski definition) is 2. The van der Waals surface area contributed by atoms with Gasteiger partial charge >= 0.3 is 0 Å². The van der Waals surface area contributed by atoms with Crippen molar-refractivity contribution in [3.05, 3.63) is 41.3 Å². The summed E-state index contributed by atoms with van der Waals surface area (Å²) in [6.45, 7) is 4.38. The lowest BCUT2D eigenvalue weighted by atomic mass is 9.78. The summed E-state index contributed by atoms with van der Waals surface area (Å²) < 4.78 is 14.6. The predicted octanol–water partition coefficient (Wildman–Crippen LogP) is 4.01. The Hall–Kier alpha value is -1.55. The van der Waals surface area contributed by atoms with Crippen LogP contribution in [0, 0.1) is 17.7 Å². The summed E-state index contributed by atoms with van der Waals surface area (Å²) in [6.07, 6.45) is 6.95. The number of benzene rings is 1. The Kier molecular flexibility index (Phi) is 4.03. The van der Waals surface area contributed by atoms with E-state index in [0.717, 1.165) is 35.6 Å². The minimum absolute atomic E-state index is 0.0770. The van der Waals surface area contributed by atoms with Crippen LogP contribution in [0.15, 0.2) is 24.4 Å². The Morgan fingerprint density at radius 3 is 2.75 bits per heavy atom. The van der Waals surface area contributed by atoms with Gasteiger partial charge in [0.05, 0.1) is 24.0 Å². The van der Waals surface area contributed by atoms with Gasteiger partial charge in [-0.3, -0.25) is 0 Å². The van der Waals surface area contributed by atoms with Crippen LogP contribution in [0.5, 0.6) is 0 Å². The van der Waals surface area contributed by atoms with E-state index in [-0.39, 0.29) is 24.1 Å². The molecule has 1 fully saturated rings. The van der Waals surface area contributed by atoms with E-state index in [4.69, 9.17) is 0 Å². The number of fused-ring (bicyclic) bond motifs is 3. The van der Waals surface area contributed by atoms with Gasteiger partial charge in [-0.05, 0) is 44.1 Å². The van der Waals surface area contributed by atoms with Gasteiger partial charge in [-0.15, -0.1) is 0 Å². The first-order chi connectivity index (χ1) is 11.6. The van der Waals surface area contributed by atoms with Crippen molar-refractivity contribution in [2.45, 2.75) is 64.3 Å². The van der Waals surface area contributed by atoms with E-state index in [1.54, 1.807) is 12.1 Å². The monoisotopic (exact) mass is 330 g/mol. The molecule has 3 unspecified atom stereocenters. The number of hydrogen-bond acceptors (Lipinski definition) is 3. The SMILES string of the molecule is CC1CCC(C(O)CC2c3c(F)cccc3C3=CNC(C)N32)CC1. The van der Waals surface area contributed by atoms with Gasteiger partial charge < -0.3 is 15.3 Å². The van der Waals surface area contributed by atoms with Crippen molar-refractivity contribution in [3.8, 4) is 0 Å². The molecule has 24 heavy (non-hydrogen) atoms. The summed E-state index contributed by atoms with van der Waals surface area (Å²) in [6, 6.07) is 5.23. The van der Waals surface area contributed by atoms with Crippen LogP contribution in [0.1, 0.15) is 63.1 Å². The van der Waals surface area contributed by atoms with E-state index in [0.29, 0.717) is 12.3 Å². The molecule has 1 aromatic rings. The van der Waals surface area contributed by atoms with Gasteiger partial charge in [0.15, 0.2) is 0 Å². The molecule has 1 aliphatic carbocycles. The highest BCUT2D eigenvalue weighted by Gasteiger charge is 2.42. The third kappa shape index (κ3) is 2.52. The van der Waals surface area contributed by atoms with Crippen LogP contribution in [0.2, 0.25) is 0 Å². The predicted molar refractivity (Wildman–Crippen MR) is 93.3 cm³/mol. The van der Waals surface area contributed by atoms with Crippen molar-refractivity contribution < 1.29 is 9.50 Å². The lowest BCUT2D eigenvalue weighted by Crippen LogP contribution is -2.37. The number of halogens is 1. The van der Waals surface area contributed by atoms with Crippen LogP contribution < -0.4 is 5.32 Å². The molecule has 2 N–H and O–H groups in total. The topological polar surface area (TPSA) is 35.5 Å². The summed E-state index contributed by atoms with van der Waals surface area (Å²) in [5.41, 5.74) is 2.80. The highest BCUT2D eigenvalue weighted by Crippen LogP contribution is 2.48. The molecule has 2 heterocycles. The largest absolute Gasteiger partial charge is 0.393 e. The number of nitrogens with zero attached hydrogens (tertiary/aromatic N) is 1. The van der Waals surface area contributed by atoms with E-state index in [1.165, 1.54) is 12.8 Å². The summed E-state index contributed by atoms with van der Waals surface area (Å²) in [5.74, 6) is 0.982. The van der Waals surface area contributed by atoms with Crippen molar-refractivity contribution in [1.29, 1.82) is 0 Å². The third-order valence-corrected chi connectivity index (χ3v) is 6.22. The minimum atomic E-state index is -0.359. The molecule has 0 spiro atoms. The third-order valence-electron chi connectivity index (χ3n) is 6.22. The second-order valence-electron chi connectivity index (χ2n) is 7.82. The van der Waals surface area contributed by atoms with E-state index in [2.05, 4.69) is 24.1 Å². The zero-order valence-corrected chi connectivity index (χ0v) is 14.5. The van der Waals surface area contributed by atoms with Crippen molar-refractivity contribution in [3.63, 3.8) is 0 Å². The van der Waals surface area contributed by atoms with E-state index < -0.39 is 0 Å². The second kappa shape index (κ2) is 6.07. The molecular weight excluding hydrogens is 303 g/mol. The molecule has 0 aromatic heterocycles. The van der Waals surface area contributed by atoms with Crippen LogP contribution >= 0.6 is 0 Å². The molecule has 1 aromatic carbocycles. The smallest absolute Gasteiger partial charge is 0.129 e. The Morgan fingerprint density at radius 1 is 1.25 bits per heavy atom. The van der Waals surface area contributed by atoms with Gasteiger partial charge in [0, 0.05) is 17.3 Å². The van der Waals surface area contributed by atoms with E-state index in [9.17, 15) is 9.50 Å². The maximum absolute atomic E-state index is 14.6. The van der Waals surface area contributed by atoms with Gasteiger partial charge in [0.1, 0.15) is 5.82 Å². The Bertz CT molecular complexity index is 651. The molecule has 130 valence electrons. The highest BCUT2D eigenvalue weighted by atomic mass is 19.1. The Labute approximate surface area is 143 Å². The van der Waals surface area contributed by atoms with Gasteiger partial charge in [0.2, 0.25) is 0 Å². The number of nitrogens with one attached hydrogen (secondary N) is 1. The average molecular weight is 330 g/mol. The Balaban J connectivity index is 1.59. The zero-order valence-electron chi connectivity index (χ0n) is 14.5. The molecule has 0 radical (unpaired) electrons. The van der Waals surface area contributed by atoms with Gasteiger partial charge in [-0.1, -0.05) is 31.9 Å². The quantitative estimate of drug-likeness (QED) is 0.879. The molecule has 0 bridgehead atoms. The molecule has 1 saturated carbocycles. The van der Waals surface area contributed by atoms with Gasteiger partial charge in [0.25, 0.3) is 0 Å². The summed E-state index contributed by atoms with van der Waals surface area (Å²) in [4.78, 5) is 2.24. The van der Waals surface area contributed by atoms with Crippen LogP contribution in [-0.2, 0) is 0 Å². The Morgan fingerprint density at radius 2 is 2.00 bits per heavy atom. The molecule has 0 amide bonds. The molecule has 3 nitrogen and oxygen atoms in total. The summed E-state index contributed by atoms with van der Waals surface area (Å²) >= 11 is 0. The number of rotatable bonds is 3. The fraction of sp³-hybridized carbons (Fsp3) is 0.600. The maximum Gasteiger partial charge on any atom is 0.129 e. The molecule has 3 atom stereocenters. The molecule has 4 rings (SSSR count). The minimum Gasteiger partial charge on any atom is -0.393 e. The maximum atomic E-state index is 14.6. The fourth-order valence-electron chi connectivity index (χ4n) is 4.78. The van der Waals surface area contributed by atoms with Crippen LogP contribution in [-0.4, -0.2) is 22.3 Å². The highest BCUT2D eigenvalue weighted by molar-refractivity contribution is 5.74. The number of aliphatic hydroxyl groups is 1. The average Bonchev–Trinajstić information content (AvgIpc) is 3.09. The van der Waals surface area contributed by atoms with Crippen molar-refractivity contribution in [1.82, 2.24) is 10.2 Å². The lowest BCUT2D eigenvalue weighted by Gasteiger charge is -2.35. The zero-order chi connectivity index (χ0) is 16.8. The first-order valence-corrected chi connectivity index (χ1v) is 9.27. The van der Waals surface area contributed by atoms with Crippen molar-refractivity contribution >= 4 is 5.70 Å². The van der Waals surface area contributed by atoms with Crippen LogP contribution in [0.4, 0.5) is 4.39 Å². The van der Waals surface area contributed by atoms with E-state index in [1.807, 2.05) is 12.3 Å². The van der Waals surface area contributed by atoms with Crippen LogP contribution in [0.3, 0.4) is 0 Å². The van der Waals surface area contributed by atoms with Crippen LogP contribution in [0.25, 0.3) is 5.70 Å². The molecule has 3 aliphatic rings. The first-order valence-electron chi connectivity index (χ1n) is 9.27. The summed E-state index contributed by atoms with van der Waals surface area (Å²) in [5, 5.41) is 14.2. The normalized spacial score (nSPS) is 32.8. The number of aliphatic hydroxyl groups excluding tert-OH is 1. The lowest BCUT2D eigenvalue weighted by molar-refractivity contribution is 0.0455. The molecular formula is C20H27FN2O. The van der Waals surface area contributed by atoms with Crippen molar-refractivity contribution in [2.75, 3.05) is 0 Å². The fourth-order valence-corrected chi connectivity index (χ4v) is 4.78. The molecule has 2 aliphatic heterocycles. The molecule has 4 heteroatoms. The van der Waals surface area contributed by atoms with Gasteiger partial charge in [-0.25, -0.2) is 4.39 Å².